The zero-order chi connectivity index (χ0) is 26.2. The van der Waals surface area contributed by atoms with Crippen LogP contribution in [-0.2, 0) is 19.6 Å². The molecule has 0 aliphatic carbocycles. The van der Waals surface area contributed by atoms with Gasteiger partial charge >= 0.3 is 12.5 Å². The quantitative estimate of drug-likeness (QED) is 0.355. The minimum Gasteiger partial charge on any atom is -0.465 e. The van der Waals surface area contributed by atoms with Crippen LogP contribution in [0.15, 0.2) is 59.1 Å². The van der Waals surface area contributed by atoms with Gasteiger partial charge in [0.05, 0.1) is 31.5 Å². The number of nitrogens with zero attached hydrogens (tertiary/aromatic N) is 9. The highest BCUT2D eigenvalue weighted by Crippen LogP contribution is 2.30. The summed E-state index contributed by atoms with van der Waals surface area (Å²) in [5.41, 5.74) is 4.69. The molecule has 0 spiro atoms. The molecule has 0 radical (unpaired) electrons. The predicted octanol–water partition coefficient (Wildman–Crippen LogP) is 3.73. The van der Waals surface area contributed by atoms with Crippen LogP contribution < -0.4 is 0 Å². The van der Waals surface area contributed by atoms with E-state index in [9.17, 15) is 18.7 Å². The highest BCUT2D eigenvalue weighted by atomic mass is 19.3. The van der Waals surface area contributed by atoms with Crippen molar-refractivity contribution in [1.29, 1.82) is 0 Å². The molecule has 0 fully saturated rings. The number of amides is 1. The average molecular weight is 519 g/mol. The summed E-state index contributed by atoms with van der Waals surface area (Å²) < 4.78 is 32.2. The number of hydrogen-bond acceptors (Lipinski definition) is 8. The Morgan fingerprint density at radius 2 is 1.84 bits per heavy atom. The normalized spacial score (nSPS) is 13.2. The highest BCUT2D eigenvalue weighted by molar-refractivity contribution is 5.72. The van der Waals surface area contributed by atoms with E-state index < -0.39 is 18.4 Å². The molecule has 0 saturated carbocycles. The van der Waals surface area contributed by atoms with Gasteiger partial charge in [0.2, 0.25) is 11.7 Å². The Morgan fingerprint density at radius 1 is 1.03 bits per heavy atom. The lowest BCUT2D eigenvalue weighted by atomic mass is 10.0. The summed E-state index contributed by atoms with van der Waals surface area (Å²) in [5, 5.41) is 33.6. The predicted molar refractivity (Wildman–Crippen MR) is 127 cm³/mol. The summed E-state index contributed by atoms with van der Waals surface area (Å²) >= 11 is 0. The van der Waals surface area contributed by atoms with Gasteiger partial charge in [-0.3, -0.25) is 4.68 Å². The Hall–Kier alpha value is -5.01. The van der Waals surface area contributed by atoms with E-state index in [1.807, 2.05) is 28.9 Å². The first-order valence-corrected chi connectivity index (χ1v) is 11.6. The molecule has 0 unspecified atom stereocenters. The molecule has 0 atom stereocenters. The number of carboxylic acid groups (broad SMARTS) is 1. The van der Waals surface area contributed by atoms with E-state index in [0.29, 0.717) is 31.0 Å². The molecular formula is C24H19F2N9O3. The van der Waals surface area contributed by atoms with Crippen LogP contribution in [0.25, 0.3) is 34.0 Å². The molecule has 2 aromatic carbocycles. The molecule has 6 rings (SSSR count). The summed E-state index contributed by atoms with van der Waals surface area (Å²) in [7, 11) is 0. The van der Waals surface area contributed by atoms with E-state index in [0.717, 1.165) is 27.9 Å². The largest absolute Gasteiger partial charge is 0.465 e. The number of hydrogen-bond donors (Lipinski definition) is 1. The van der Waals surface area contributed by atoms with Crippen molar-refractivity contribution in [3.8, 4) is 34.0 Å². The number of alkyl halides is 2. The Bertz CT molecular complexity index is 1610. The van der Waals surface area contributed by atoms with Gasteiger partial charge in [0.25, 0.3) is 5.89 Å². The number of aromatic nitrogens is 8. The van der Waals surface area contributed by atoms with Crippen LogP contribution in [-0.4, -0.2) is 62.8 Å². The minimum atomic E-state index is -2.82. The average Bonchev–Trinajstić information content (AvgIpc) is 3.69. The first-order valence-electron chi connectivity index (χ1n) is 11.6. The zero-order valence-corrected chi connectivity index (χ0v) is 19.6. The Kier molecular flexibility index (Phi) is 5.82. The number of halogens is 2. The Labute approximate surface area is 213 Å². The Balaban J connectivity index is 1.18. The lowest BCUT2D eigenvalue weighted by Crippen LogP contribution is -2.37. The lowest BCUT2D eigenvalue weighted by Gasteiger charge is -2.25. The maximum Gasteiger partial charge on any atom is 0.407 e. The van der Waals surface area contributed by atoms with Crippen molar-refractivity contribution >= 4 is 6.09 Å². The van der Waals surface area contributed by atoms with Gasteiger partial charge < -0.3 is 14.4 Å². The second-order valence-electron chi connectivity index (χ2n) is 8.60. The second kappa shape index (κ2) is 9.46. The maximum absolute atomic E-state index is 12.7. The van der Waals surface area contributed by atoms with E-state index in [4.69, 9.17) is 4.42 Å². The molecule has 0 saturated heterocycles. The van der Waals surface area contributed by atoms with Crippen molar-refractivity contribution < 1.29 is 23.1 Å². The molecule has 1 N–H and O–H groups in total. The zero-order valence-electron chi connectivity index (χ0n) is 19.6. The first-order chi connectivity index (χ1) is 18.4. The number of benzene rings is 2. The number of fused-ring (bicyclic) bond motifs is 1. The van der Waals surface area contributed by atoms with Crippen LogP contribution in [0.2, 0.25) is 0 Å². The van der Waals surface area contributed by atoms with Crippen LogP contribution in [0.5, 0.6) is 0 Å². The van der Waals surface area contributed by atoms with Gasteiger partial charge in [0, 0.05) is 23.2 Å². The number of rotatable bonds is 6. The fourth-order valence-corrected chi connectivity index (χ4v) is 4.26. The third kappa shape index (κ3) is 4.47. The first kappa shape index (κ1) is 23.4. The Morgan fingerprint density at radius 3 is 2.61 bits per heavy atom. The SMILES string of the molecule is O=C(O)N1CCn2ncc(-c3cccc(-c4nnn(Cc5ccc(-c6nnc(C(F)F)o6)cc5)n4)c3)c2C1. The standard InChI is InChI=1S/C24H19F2N9O3/c25-20(26)23-30-29-22(38-23)15-6-4-14(5-7-15)12-35-31-21(28-32-35)17-3-1-2-16(10-17)18-11-27-34-9-8-33(24(36)37)13-19(18)34/h1-7,10-11,20H,8-9,12-13H2,(H,36,37). The van der Waals surface area contributed by atoms with E-state index >= 15 is 0 Å². The van der Waals surface area contributed by atoms with Gasteiger partial charge in [-0.05, 0) is 34.5 Å². The van der Waals surface area contributed by atoms with Gasteiger partial charge in [-0.25, -0.2) is 4.79 Å². The monoisotopic (exact) mass is 519 g/mol. The van der Waals surface area contributed by atoms with Gasteiger partial charge in [0.1, 0.15) is 0 Å². The summed E-state index contributed by atoms with van der Waals surface area (Å²) in [6, 6.07) is 14.6. The number of carbonyl (C=O) groups is 1. The third-order valence-corrected chi connectivity index (χ3v) is 6.18. The molecule has 38 heavy (non-hydrogen) atoms. The summed E-state index contributed by atoms with van der Waals surface area (Å²) in [5.74, 6) is -0.270. The van der Waals surface area contributed by atoms with Crippen molar-refractivity contribution in [3.05, 3.63) is 71.9 Å². The molecule has 192 valence electrons. The fraction of sp³-hybridized carbons (Fsp3) is 0.208. The fourth-order valence-electron chi connectivity index (χ4n) is 4.26. The molecule has 14 heteroatoms. The van der Waals surface area contributed by atoms with Crippen molar-refractivity contribution in [2.75, 3.05) is 6.54 Å². The molecule has 5 aromatic rings. The molecule has 1 amide bonds. The van der Waals surface area contributed by atoms with Gasteiger partial charge in [-0.1, -0.05) is 30.3 Å². The van der Waals surface area contributed by atoms with Gasteiger partial charge in [-0.15, -0.1) is 20.4 Å². The van der Waals surface area contributed by atoms with E-state index in [-0.39, 0.29) is 12.4 Å². The van der Waals surface area contributed by atoms with Crippen molar-refractivity contribution in [2.24, 2.45) is 0 Å². The maximum atomic E-state index is 12.7. The molecule has 4 heterocycles. The van der Waals surface area contributed by atoms with Crippen LogP contribution in [0.1, 0.15) is 23.6 Å². The van der Waals surface area contributed by atoms with Gasteiger partial charge in [0.15, 0.2) is 0 Å². The smallest absolute Gasteiger partial charge is 0.407 e. The lowest BCUT2D eigenvalue weighted by molar-refractivity contribution is 0.116. The second-order valence-corrected chi connectivity index (χ2v) is 8.60. The van der Waals surface area contributed by atoms with Crippen molar-refractivity contribution in [3.63, 3.8) is 0 Å². The van der Waals surface area contributed by atoms with E-state index in [1.165, 1.54) is 9.70 Å². The van der Waals surface area contributed by atoms with Crippen LogP contribution in [0.4, 0.5) is 13.6 Å². The van der Waals surface area contributed by atoms with E-state index in [1.54, 1.807) is 30.5 Å². The molecule has 0 bridgehead atoms. The molecule has 1 aliphatic rings. The number of tetrazole rings is 1. The molecule has 3 aromatic heterocycles. The van der Waals surface area contributed by atoms with Crippen molar-refractivity contribution in [1.82, 2.24) is 45.1 Å². The minimum absolute atomic E-state index is 0.0169. The summed E-state index contributed by atoms with van der Waals surface area (Å²) in [4.78, 5) is 14.3. The van der Waals surface area contributed by atoms with Gasteiger partial charge in [-0.2, -0.15) is 18.7 Å². The molecule has 12 nitrogen and oxygen atoms in total. The third-order valence-electron chi connectivity index (χ3n) is 6.18. The van der Waals surface area contributed by atoms with E-state index in [2.05, 4.69) is 30.7 Å². The van der Waals surface area contributed by atoms with Crippen LogP contribution in [0.3, 0.4) is 0 Å². The van der Waals surface area contributed by atoms with Crippen LogP contribution in [0, 0.1) is 0 Å². The highest BCUT2D eigenvalue weighted by Gasteiger charge is 2.24. The van der Waals surface area contributed by atoms with Crippen molar-refractivity contribution in [2.45, 2.75) is 26.1 Å². The summed E-state index contributed by atoms with van der Waals surface area (Å²) in [6.07, 6.45) is -2.03. The topological polar surface area (TPSA) is 141 Å². The molecule has 1 aliphatic heterocycles. The van der Waals surface area contributed by atoms with Crippen LogP contribution >= 0.6 is 0 Å². The molecular weight excluding hydrogens is 500 g/mol. The summed E-state index contributed by atoms with van der Waals surface area (Å²) in [6.45, 7) is 1.50.